The molecule has 1 aromatic carbocycles. The van der Waals surface area contributed by atoms with E-state index in [4.69, 9.17) is 5.11 Å². The molecule has 1 aliphatic heterocycles. The van der Waals surface area contributed by atoms with Crippen molar-refractivity contribution in [3.8, 4) is 0 Å². The zero-order valence-corrected chi connectivity index (χ0v) is 8.44. The summed E-state index contributed by atoms with van der Waals surface area (Å²) in [6.45, 7) is 0.296. The van der Waals surface area contributed by atoms with Crippen molar-refractivity contribution in [1.29, 1.82) is 0 Å². The molecule has 0 saturated heterocycles. The van der Waals surface area contributed by atoms with Gasteiger partial charge in [0.25, 0.3) is 0 Å². The number of thioether (sulfide) groups is 1. The quantitative estimate of drug-likeness (QED) is 0.796. The summed E-state index contributed by atoms with van der Waals surface area (Å²) >= 11 is 1.95. The molecule has 1 heterocycles. The Hall–Kier alpha value is -0.470. The van der Waals surface area contributed by atoms with Crippen LogP contribution >= 0.6 is 11.8 Å². The van der Waals surface area contributed by atoms with Crippen molar-refractivity contribution in [2.45, 2.75) is 24.2 Å². The molecule has 13 heavy (non-hydrogen) atoms. The molecule has 70 valence electrons. The molecule has 0 radical (unpaired) electrons. The Morgan fingerprint density at radius 2 is 2.31 bits per heavy atom. The molecule has 0 atom stereocenters. The van der Waals surface area contributed by atoms with Gasteiger partial charge < -0.3 is 5.11 Å². The van der Waals surface area contributed by atoms with Crippen LogP contribution in [0.3, 0.4) is 0 Å². The van der Waals surface area contributed by atoms with E-state index in [-0.39, 0.29) is 0 Å². The van der Waals surface area contributed by atoms with Crippen LogP contribution in [0.5, 0.6) is 0 Å². The molecule has 0 spiro atoms. The molecule has 0 fully saturated rings. The van der Waals surface area contributed by atoms with Crippen molar-refractivity contribution in [2.24, 2.45) is 0 Å². The Labute approximate surface area is 83.2 Å². The van der Waals surface area contributed by atoms with Gasteiger partial charge in [0.05, 0.1) is 0 Å². The van der Waals surface area contributed by atoms with Gasteiger partial charge in [-0.05, 0) is 36.5 Å². The van der Waals surface area contributed by atoms with Gasteiger partial charge in [0, 0.05) is 17.3 Å². The molecule has 1 aliphatic rings. The highest BCUT2D eigenvalue weighted by atomic mass is 32.2. The number of rotatable bonds is 3. The Balaban J connectivity index is 2.12. The molecule has 0 aromatic heterocycles. The Bertz CT molecular complexity index is 296. The topological polar surface area (TPSA) is 20.2 Å². The Morgan fingerprint density at radius 1 is 1.38 bits per heavy atom. The van der Waals surface area contributed by atoms with Crippen LogP contribution in [0.15, 0.2) is 23.1 Å². The van der Waals surface area contributed by atoms with Crippen molar-refractivity contribution < 1.29 is 5.11 Å². The third kappa shape index (κ3) is 2.06. The zero-order valence-electron chi connectivity index (χ0n) is 7.62. The van der Waals surface area contributed by atoms with Crippen molar-refractivity contribution in [1.82, 2.24) is 0 Å². The molecule has 1 aromatic rings. The van der Waals surface area contributed by atoms with E-state index in [1.807, 2.05) is 11.8 Å². The van der Waals surface area contributed by atoms with Crippen molar-refractivity contribution in [2.75, 3.05) is 12.4 Å². The van der Waals surface area contributed by atoms with E-state index < -0.39 is 0 Å². The van der Waals surface area contributed by atoms with Crippen molar-refractivity contribution in [3.63, 3.8) is 0 Å². The average Bonchev–Trinajstić information content (AvgIpc) is 2.61. The van der Waals surface area contributed by atoms with E-state index in [0.29, 0.717) is 6.61 Å². The predicted molar refractivity (Wildman–Crippen MR) is 56.3 cm³/mol. The van der Waals surface area contributed by atoms with Gasteiger partial charge in [0.2, 0.25) is 0 Å². The number of hydrogen-bond acceptors (Lipinski definition) is 2. The van der Waals surface area contributed by atoms with Crippen LogP contribution < -0.4 is 0 Å². The molecular formula is C11H14OS. The molecule has 0 amide bonds. The van der Waals surface area contributed by atoms with Crippen molar-refractivity contribution >= 4 is 11.8 Å². The maximum Gasteiger partial charge on any atom is 0.0434 e. The smallest absolute Gasteiger partial charge is 0.0434 e. The largest absolute Gasteiger partial charge is 0.396 e. The Kier molecular flexibility index (Phi) is 2.91. The predicted octanol–water partition coefficient (Wildman–Crippen LogP) is 2.26. The normalized spacial score (nSPS) is 14.5. The van der Waals surface area contributed by atoms with Crippen LogP contribution in [0.25, 0.3) is 0 Å². The Morgan fingerprint density at radius 3 is 3.15 bits per heavy atom. The van der Waals surface area contributed by atoms with E-state index >= 15 is 0 Å². The number of aryl methyl sites for hydroxylation is 2. The number of hydrogen-bond donors (Lipinski definition) is 1. The lowest BCUT2D eigenvalue weighted by Gasteiger charge is -2.02. The molecule has 1 nitrogen and oxygen atoms in total. The first-order valence-corrected chi connectivity index (χ1v) is 5.74. The van der Waals surface area contributed by atoms with Gasteiger partial charge in [-0.2, -0.15) is 0 Å². The lowest BCUT2D eigenvalue weighted by molar-refractivity contribution is 0.288. The molecule has 2 heteroatoms. The highest BCUT2D eigenvalue weighted by molar-refractivity contribution is 7.99. The first kappa shape index (κ1) is 9.10. The second kappa shape index (κ2) is 4.16. The maximum absolute atomic E-state index is 8.72. The summed E-state index contributed by atoms with van der Waals surface area (Å²) in [6, 6.07) is 6.71. The average molecular weight is 194 g/mol. The fraction of sp³-hybridized carbons (Fsp3) is 0.455. The van der Waals surface area contributed by atoms with E-state index in [1.165, 1.54) is 28.2 Å². The lowest BCUT2D eigenvalue weighted by Crippen LogP contribution is -1.90. The van der Waals surface area contributed by atoms with Gasteiger partial charge in [-0.1, -0.05) is 12.1 Å². The van der Waals surface area contributed by atoms with Gasteiger partial charge in [-0.15, -0.1) is 11.8 Å². The van der Waals surface area contributed by atoms with Crippen LogP contribution in [-0.2, 0) is 12.8 Å². The standard InChI is InChI=1S/C11H14OS/c12-6-1-2-9-3-4-10-5-7-13-11(10)8-9/h3-4,8,12H,1-2,5-7H2. The highest BCUT2D eigenvalue weighted by Gasteiger charge is 2.10. The number of fused-ring (bicyclic) bond motifs is 1. The summed E-state index contributed by atoms with van der Waals surface area (Å²) in [5, 5.41) is 8.72. The number of benzene rings is 1. The van der Waals surface area contributed by atoms with E-state index in [9.17, 15) is 0 Å². The van der Waals surface area contributed by atoms with Gasteiger partial charge in [-0.3, -0.25) is 0 Å². The fourth-order valence-electron chi connectivity index (χ4n) is 1.65. The minimum absolute atomic E-state index is 0.296. The van der Waals surface area contributed by atoms with Crippen LogP contribution in [0, 0.1) is 0 Å². The minimum Gasteiger partial charge on any atom is -0.396 e. The minimum atomic E-state index is 0.296. The molecule has 0 aliphatic carbocycles. The molecule has 1 N–H and O–H groups in total. The summed E-state index contributed by atoms with van der Waals surface area (Å²) in [5.74, 6) is 1.23. The monoisotopic (exact) mass is 194 g/mol. The van der Waals surface area contributed by atoms with Crippen LogP contribution in [0.1, 0.15) is 17.5 Å². The van der Waals surface area contributed by atoms with Gasteiger partial charge in [0.1, 0.15) is 0 Å². The zero-order chi connectivity index (χ0) is 9.10. The second-order valence-electron chi connectivity index (χ2n) is 3.37. The summed E-state index contributed by atoms with van der Waals surface area (Å²) < 4.78 is 0. The van der Waals surface area contributed by atoms with E-state index in [1.54, 1.807) is 0 Å². The van der Waals surface area contributed by atoms with Gasteiger partial charge in [0.15, 0.2) is 0 Å². The first-order valence-electron chi connectivity index (χ1n) is 4.75. The molecule has 0 saturated carbocycles. The second-order valence-corrected chi connectivity index (χ2v) is 4.50. The summed E-state index contributed by atoms with van der Waals surface area (Å²) in [4.78, 5) is 1.45. The fourth-order valence-corrected chi connectivity index (χ4v) is 2.78. The molecule has 0 unspecified atom stereocenters. The molecular weight excluding hydrogens is 180 g/mol. The van der Waals surface area contributed by atoms with Crippen LogP contribution in [0.2, 0.25) is 0 Å². The number of aliphatic hydroxyl groups excluding tert-OH is 1. The first-order chi connectivity index (χ1) is 6.40. The van der Waals surface area contributed by atoms with Gasteiger partial charge >= 0.3 is 0 Å². The maximum atomic E-state index is 8.72. The van der Waals surface area contributed by atoms with Crippen LogP contribution in [0.4, 0.5) is 0 Å². The van der Waals surface area contributed by atoms with Crippen molar-refractivity contribution in [3.05, 3.63) is 29.3 Å². The third-order valence-corrected chi connectivity index (χ3v) is 3.48. The number of aliphatic hydroxyl groups is 1. The SMILES string of the molecule is OCCCc1ccc2c(c1)SCC2. The third-order valence-electron chi connectivity index (χ3n) is 2.38. The van der Waals surface area contributed by atoms with E-state index in [2.05, 4.69) is 18.2 Å². The summed E-state index contributed by atoms with van der Waals surface area (Å²) in [6.07, 6.45) is 3.11. The summed E-state index contributed by atoms with van der Waals surface area (Å²) in [5.41, 5.74) is 2.86. The lowest BCUT2D eigenvalue weighted by atomic mass is 10.1. The molecule has 0 bridgehead atoms. The van der Waals surface area contributed by atoms with Crippen LogP contribution in [-0.4, -0.2) is 17.5 Å². The highest BCUT2D eigenvalue weighted by Crippen LogP contribution is 2.31. The summed E-state index contributed by atoms with van der Waals surface area (Å²) in [7, 11) is 0. The van der Waals surface area contributed by atoms with E-state index in [0.717, 1.165) is 12.8 Å². The van der Waals surface area contributed by atoms with Gasteiger partial charge in [-0.25, -0.2) is 0 Å². The molecule has 2 rings (SSSR count).